The summed E-state index contributed by atoms with van der Waals surface area (Å²) in [6.45, 7) is 6.50. The quantitative estimate of drug-likeness (QED) is 0.737. The van der Waals surface area contributed by atoms with Crippen LogP contribution in [0.2, 0.25) is 0 Å². The highest BCUT2D eigenvalue weighted by Gasteiger charge is 2.28. The third kappa shape index (κ3) is 3.72. The van der Waals surface area contributed by atoms with E-state index in [1.807, 2.05) is 18.2 Å². The van der Waals surface area contributed by atoms with Gasteiger partial charge in [0.1, 0.15) is 4.90 Å². The van der Waals surface area contributed by atoms with Crippen LogP contribution in [-0.4, -0.2) is 63.2 Å². The van der Waals surface area contributed by atoms with Crippen molar-refractivity contribution in [1.29, 1.82) is 0 Å². The van der Waals surface area contributed by atoms with Crippen molar-refractivity contribution >= 4 is 10.0 Å². The normalized spacial score (nSPS) is 18.4. The molecule has 2 N–H and O–H groups in total. The lowest BCUT2D eigenvalue weighted by atomic mass is 10.0. The van der Waals surface area contributed by atoms with Crippen LogP contribution < -0.4 is 14.2 Å². The number of nitrogens with one attached hydrogen (secondary N) is 2. The predicted octanol–water partition coefficient (Wildman–Crippen LogP) is 1.11. The van der Waals surface area contributed by atoms with Crippen molar-refractivity contribution in [3.63, 3.8) is 0 Å². The molecule has 0 spiro atoms. The highest BCUT2D eigenvalue weighted by atomic mass is 32.2. The summed E-state index contributed by atoms with van der Waals surface area (Å²) < 4.78 is 44.9. The van der Waals surface area contributed by atoms with Crippen LogP contribution in [0.3, 0.4) is 0 Å². The van der Waals surface area contributed by atoms with Gasteiger partial charge < -0.3 is 14.2 Å². The summed E-state index contributed by atoms with van der Waals surface area (Å²) in [7, 11) is -3.69. The number of H-pyrrole nitrogens is 1. The van der Waals surface area contributed by atoms with Gasteiger partial charge in [-0.3, -0.25) is 10.00 Å². The Labute approximate surface area is 164 Å². The van der Waals surface area contributed by atoms with Crippen molar-refractivity contribution in [2.45, 2.75) is 24.8 Å². The van der Waals surface area contributed by atoms with E-state index in [0.29, 0.717) is 36.1 Å². The molecule has 28 heavy (non-hydrogen) atoms. The maximum atomic E-state index is 12.9. The van der Waals surface area contributed by atoms with Crippen LogP contribution in [-0.2, 0) is 14.8 Å². The van der Waals surface area contributed by atoms with Gasteiger partial charge in [-0.05, 0) is 31.5 Å². The highest BCUT2D eigenvalue weighted by molar-refractivity contribution is 7.89. The van der Waals surface area contributed by atoms with E-state index in [4.69, 9.17) is 14.2 Å². The number of aryl methyl sites for hydroxylation is 2. The van der Waals surface area contributed by atoms with E-state index in [9.17, 15) is 8.42 Å². The molecule has 1 atom stereocenters. The Balaban J connectivity index is 1.59. The minimum Gasteiger partial charge on any atom is -0.454 e. The summed E-state index contributed by atoms with van der Waals surface area (Å²) in [6.07, 6.45) is 0. The summed E-state index contributed by atoms with van der Waals surface area (Å²) >= 11 is 0. The van der Waals surface area contributed by atoms with E-state index >= 15 is 0 Å². The first-order chi connectivity index (χ1) is 13.5. The molecule has 0 bridgehead atoms. The third-order valence-corrected chi connectivity index (χ3v) is 6.75. The number of nitrogens with zero attached hydrogens (tertiary/aromatic N) is 2. The van der Waals surface area contributed by atoms with E-state index in [2.05, 4.69) is 19.8 Å². The molecular formula is C18H24N4O5S. The number of hydrogen-bond donors (Lipinski definition) is 2. The van der Waals surface area contributed by atoms with Crippen LogP contribution in [0.5, 0.6) is 11.5 Å². The lowest BCUT2D eigenvalue weighted by Gasteiger charge is -2.35. The molecule has 1 aromatic carbocycles. The highest BCUT2D eigenvalue weighted by Crippen LogP contribution is 2.35. The Hall–Kier alpha value is -2.14. The minimum absolute atomic E-state index is 0.152. The number of ether oxygens (including phenoxy) is 3. The van der Waals surface area contributed by atoms with E-state index in [1.165, 1.54) is 0 Å². The van der Waals surface area contributed by atoms with Gasteiger partial charge in [0.15, 0.2) is 11.5 Å². The lowest BCUT2D eigenvalue weighted by Crippen LogP contribution is -2.43. The molecule has 9 nitrogen and oxygen atoms in total. The molecule has 1 unspecified atom stereocenters. The molecule has 152 valence electrons. The van der Waals surface area contributed by atoms with Gasteiger partial charge in [-0.15, -0.1) is 0 Å². The maximum absolute atomic E-state index is 12.9. The first-order valence-electron chi connectivity index (χ1n) is 9.18. The van der Waals surface area contributed by atoms with Gasteiger partial charge >= 0.3 is 0 Å². The van der Waals surface area contributed by atoms with Gasteiger partial charge in [0.05, 0.1) is 24.6 Å². The monoisotopic (exact) mass is 408 g/mol. The number of benzene rings is 1. The molecular weight excluding hydrogens is 384 g/mol. The molecule has 0 aliphatic carbocycles. The molecule has 2 aliphatic heterocycles. The second-order valence-electron chi connectivity index (χ2n) is 6.89. The van der Waals surface area contributed by atoms with Crippen molar-refractivity contribution in [3.05, 3.63) is 35.2 Å². The zero-order valence-electron chi connectivity index (χ0n) is 15.9. The molecule has 10 heteroatoms. The van der Waals surface area contributed by atoms with Crippen LogP contribution >= 0.6 is 0 Å². The average Bonchev–Trinajstić information content (AvgIpc) is 3.28. The molecule has 1 saturated heterocycles. The van der Waals surface area contributed by atoms with Gasteiger partial charge in [0.25, 0.3) is 0 Å². The van der Waals surface area contributed by atoms with Crippen molar-refractivity contribution in [2.75, 3.05) is 39.6 Å². The molecule has 1 fully saturated rings. The van der Waals surface area contributed by atoms with Gasteiger partial charge in [-0.1, -0.05) is 6.07 Å². The van der Waals surface area contributed by atoms with Gasteiger partial charge in [0.2, 0.25) is 16.8 Å². The first kappa shape index (κ1) is 19.2. The minimum atomic E-state index is -3.69. The number of sulfonamides is 1. The maximum Gasteiger partial charge on any atom is 0.244 e. The van der Waals surface area contributed by atoms with E-state index in [-0.39, 0.29) is 24.3 Å². The molecule has 2 aliphatic rings. The standard InChI is InChI=1S/C18H24N4O5S/c1-12-18(13(2)21-20-12)28(23,24)19-10-15(22-5-7-25-8-6-22)14-3-4-16-17(9-14)27-11-26-16/h3-4,9,15,19H,5-8,10-11H2,1-2H3,(H,20,21). The van der Waals surface area contributed by atoms with Gasteiger partial charge in [-0.2, -0.15) is 5.10 Å². The molecule has 3 heterocycles. The van der Waals surface area contributed by atoms with Crippen molar-refractivity contribution in [3.8, 4) is 11.5 Å². The van der Waals surface area contributed by atoms with E-state index in [1.54, 1.807) is 13.8 Å². The Morgan fingerprint density at radius 1 is 1.21 bits per heavy atom. The number of rotatable bonds is 6. The Morgan fingerprint density at radius 3 is 2.68 bits per heavy atom. The summed E-state index contributed by atoms with van der Waals surface area (Å²) in [6, 6.07) is 5.59. The molecule has 0 saturated carbocycles. The summed E-state index contributed by atoms with van der Waals surface area (Å²) in [5.74, 6) is 1.38. The zero-order valence-corrected chi connectivity index (χ0v) is 16.7. The summed E-state index contributed by atoms with van der Waals surface area (Å²) in [5.41, 5.74) is 1.95. The Morgan fingerprint density at radius 2 is 1.96 bits per heavy atom. The predicted molar refractivity (Wildman–Crippen MR) is 101 cm³/mol. The number of morpholine rings is 1. The molecule has 0 amide bonds. The lowest BCUT2D eigenvalue weighted by molar-refractivity contribution is 0.0171. The largest absolute Gasteiger partial charge is 0.454 e. The van der Waals surface area contributed by atoms with Crippen LogP contribution in [0.15, 0.2) is 23.1 Å². The second-order valence-corrected chi connectivity index (χ2v) is 8.60. The Kier molecular flexibility index (Phi) is 5.28. The van der Waals surface area contributed by atoms with Crippen molar-refractivity contribution in [1.82, 2.24) is 19.8 Å². The smallest absolute Gasteiger partial charge is 0.244 e. The van der Waals surface area contributed by atoms with E-state index < -0.39 is 10.0 Å². The summed E-state index contributed by atoms with van der Waals surface area (Å²) in [5, 5.41) is 6.72. The fraction of sp³-hybridized carbons (Fsp3) is 0.500. The zero-order chi connectivity index (χ0) is 19.7. The average molecular weight is 408 g/mol. The van der Waals surface area contributed by atoms with E-state index in [0.717, 1.165) is 18.7 Å². The van der Waals surface area contributed by atoms with Crippen LogP contribution in [0.4, 0.5) is 0 Å². The molecule has 2 aromatic rings. The third-order valence-electron chi connectivity index (χ3n) is 5.06. The van der Waals surface area contributed by atoms with Crippen LogP contribution in [0.1, 0.15) is 23.0 Å². The Bertz CT molecular complexity index is 933. The molecule has 1 aromatic heterocycles. The van der Waals surface area contributed by atoms with Crippen LogP contribution in [0, 0.1) is 13.8 Å². The topological polar surface area (TPSA) is 106 Å². The second kappa shape index (κ2) is 7.70. The number of fused-ring (bicyclic) bond motifs is 1. The van der Waals surface area contributed by atoms with Gasteiger partial charge in [0, 0.05) is 25.7 Å². The summed E-state index contributed by atoms with van der Waals surface area (Å²) in [4.78, 5) is 2.43. The molecule has 4 rings (SSSR count). The fourth-order valence-electron chi connectivity index (χ4n) is 3.66. The van der Waals surface area contributed by atoms with Crippen LogP contribution in [0.25, 0.3) is 0 Å². The van der Waals surface area contributed by atoms with Crippen molar-refractivity contribution < 1.29 is 22.6 Å². The number of aromatic nitrogens is 2. The SMILES string of the molecule is Cc1n[nH]c(C)c1S(=O)(=O)NCC(c1ccc2c(c1)OCO2)N1CCOCC1. The van der Waals surface area contributed by atoms with Crippen molar-refractivity contribution in [2.24, 2.45) is 0 Å². The number of aromatic amines is 1. The number of hydrogen-bond acceptors (Lipinski definition) is 7. The first-order valence-corrected chi connectivity index (χ1v) is 10.7. The fourth-order valence-corrected chi connectivity index (χ4v) is 5.07. The molecule has 0 radical (unpaired) electrons. The van der Waals surface area contributed by atoms with Gasteiger partial charge in [-0.25, -0.2) is 13.1 Å².